The van der Waals surface area contributed by atoms with Crippen molar-refractivity contribution in [1.29, 1.82) is 0 Å². The Hall–Kier alpha value is -1.53. The molecule has 0 amide bonds. The number of rotatable bonds is 5. The molecule has 1 saturated heterocycles. The molecule has 110 valence electrons. The van der Waals surface area contributed by atoms with Gasteiger partial charge in [-0.3, -0.25) is 15.3 Å². The third kappa shape index (κ3) is 2.96. The smallest absolute Gasteiger partial charge is 0.332 e. The Labute approximate surface area is 118 Å². The van der Waals surface area contributed by atoms with E-state index in [2.05, 4.69) is 15.3 Å². The van der Waals surface area contributed by atoms with Crippen LogP contribution in [0.25, 0.3) is 0 Å². The zero-order chi connectivity index (χ0) is 14.6. The Morgan fingerprint density at radius 3 is 2.90 bits per heavy atom. The van der Waals surface area contributed by atoms with Gasteiger partial charge in [-0.15, -0.1) is 0 Å². The first-order valence-corrected chi connectivity index (χ1v) is 6.81. The van der Waals surface area contributed by atoms with Crippen molar-refractivity contribution < 1.29 is 14.3 Å². The third-order valence-electron chi connectivity index (χ3n) is 3.66. The van der Waals surface area contributed by atoms with Crippen molar-refractivity contribution in [1.82, 2.24) is 15.3 Å². The summed E-state index contributed by atoms with van der Waals surface area (Å²) >= 11 is 0. The summed E-state index contributed by atoms with van der Waals surface area (Å²) in [6.07, 6.45) is 5.39. The molecule has 1 aliphatic rings. The molecule has 1 aromatic rings. The monoisotopic (exact) mass is 279 g/mol. The quantitative estimate of drug-likeness (QED) is 0.809. The average molecular weight is 279 g/mol. The molecule has 20 heavy (non-hydrogen) atoms. The van der Waals surface area contributed by atoms with Crippen LogP contribution >= 0.6 is 0 Å². The topological polar surface area (TPSA) is 73.3 Å². The molecule has 1 N–H and O–H groups in total. The summed E-state index contributed by atoms with van der Waals surface area (Å²) in [6, 6.07) is 0. The minimum Gasteiger partial charge on any atom is -0.467 e. The number of nitrogens with one attached hydrogen (secondary N) is 1. The van der Waals surface area contributed by atoms with E-state index in [0.29, 0.717) is 17.9 Å². The standard InChI is InChI=1S/C14H21N3O3/c1-10-12(16-7-6-15-10)14(2,13(18)19-3)17-9-11-5-4-8-20-11/h6-7,11,17H,4-5,8-9H2,1-3H3. The van der Waals surface area contributed by atoms with Crippen LogP contribution in [0.15, 0.2) is 12.4 Å². The zero-order valence-corrected chi connectivity index (χ0v) is 12.2. The van der Waals surface area contributed by atoms with E-state index in [4.69, 9.17) is 9.47 Å². The van der Waals surface area contributed by atoms with Crippen LogP contribution < -0.4 is 5.32 Å². The van der Waals surface area contributed by atoms with Crippen LogP contribution in [-0.4, -0.2) is 42.3 Å². The van der Waals surface area contributed by atoms with Crippen molar-refractivity contribution in [2.24, 2.45) is 0 Å². The lowest BCUT2D eigenvalue weighted by Gasteiger charge is -2.29. The number of carbonyl (C=O) groups is 1. The highest BCUT2D eigenvalue weighted by Crippen LogP contribution is 2.23. The van der Waals surface area contributed by atoms with Crippen LogP contribution in [0.1, 0.15) is 31.2 Å². The molecule has 2 rings (SSSR count). The number of aryl methyl sites for hydroxylation is 1. The molecule has 2 unspecified atom stereocenters. The predicted molar refractivity (Wildman–Crippen MR) is 73.1 cm³/mol. The van der Waals surface area contributed by atoms with Gasteiger partial charge >= 0.3 is 5.97 Å². The van der Waals surface area contributed by atoms with Crippen LogP contribution in [0.4, 0.5) is 0 Å². The molecule has 0 aliphatic carbocycles. The minimum atomic E-state index is -1.01. The largest absolute Gasteiger partial charge is 0.467 e. The second-order valence-corrected chi connectivity index (χ2v) is 5.12. The number of methoxy groups -OCH3 is 1. The Morgan fingerprint density at radius 2 is 2.30 bits per heavy atom. The van der Waals surface area contributed by atoms with Gasteiger partial charge in [0.25, 0.3) is 0 Å². The molecule has 0 saturated carbocycles. The molecule has 6 heteroatoms. The van der Waals surface area contributed by atoms with E-state index in [1.54, 1.807) is 19.3 Å². The highest BCUT2D eigenvalue weighted by Gasteiger charge is 2.39. The second kappa shape index (κ2) is 6.28. The maximum absolute atomic E-state index is 12.2. The molecular weight excluding hydrogens is 258 g/mol. The SMILES string of the molecule is COC(=O)C(C)(NCC1CCCO1)c1nccnc1C. The molecule has 6 nitrogen and oxygen atoms in total. The van der Waals surface area contributed by atoms with E-state index in [0.717, 1.165) is 19.4 Å². The van der Waals surface area contributed by atoms with E-state index >= 15 is 0 Å². The highest BCUT2D eigenvalue weighted by atomic mass is 16.5. The Balaban J connectivity index is 2.21. The van der Waals surface area contributed by atoms with Gasteiger partial charge in [-0.1, -0.05) is 0 Å². The van der Waals surface area contributed by atoms with Gasteiger partial charge in [-0.25, -0.2) is 4.79 Å². The fraction of sp³-hybridized carbons (Fsp3) is 0.643. The summed E-state index contributed by atoms with van der Waals surface area (Å²) in [4.78, 5) is 20.7. The van der Waals surface area contributed by atoms with Crippen molar-refractivity contribution in [2.75, 3.05) is 20.3 Å². The van der Waals surface area contributed by atoms with Gasteiger partial charge in [0.2, 0.25) is 0 Å². The van der Waals surface area contributed by atoms with E-state index in [1.807, 2.05) is 6.92 Å². The van der Waals surface area contributed by atoms with Crippen LogP contribution in [0.2, 0.25) is 0 Å². The molecular formula is C14H21N3O3. The summed E-state index contributed by atoms with van der Waals surface area (Å²) in [5.74, 6) is -0.376. The first kappa shape index (κ1) is 14.9. The van der Waals surface area contributed by atoms with Gasteiger partial charge in [0.15, 0.2) is 5.54 Å². The number of aromatic nitrogens is 2. The lowest BCUT2D eigenvalue weighted by molar-refractivity contribution is -0.148. The number of hydrogen-bond donors (Lipinski definition) is 1. The van der Waals surface area contributed by atoms with E-state index in [-0.39, 0.29) is 12.1 Å². The Morgan fingerprint density at radius 1 is 1.55 bits per heavy atom. The molecule has 0 radical (unpaired) electrons. The Bertz CT molecular complexity index is 474. The van der Waals surface area contributed by atoms with E-state index in [1.165, 1.54) is 7.11 Å². The molecule has 2 heterocycles. The van der Waals surface area contributed by atoms with Gasteiger partial charge in [-0.2, -0.15) is 0 Å². The molecule has 1 aliphatic heterocycles. The van der Waals surface area contributed by atoms with E-state index < -0.39 is 5.54 Å². The number of hydrogen-bond acceptors (Lipinski definition) is 6. The summed E-state index contributed by atoms with van der Waals surface area (Å²) in [7, 11) is 1.38. The van der Waals surface area contributed by atoms with Gasteiger partial charge in [-0.05, 0) is 26.7 Å². The molecule has 1 aromatic heterocycles. The fourth-order valence-electron chi connectivity index (χ4n) is 2.48. The normalized spacial score (nSPS) is 21.4. The third-order valence-corrected chi connectivity index (χ3v) is 3.66. The van der Waals surface area contributed by atoms with Gasteiger partial charge in [0, 0.05) is 25.5 Å². The predicted octanol–water partition coefficient (Wildman–Crippen LogP) is 0.942. The summed E-state index contributed by atoms with van der Waals surface area (Å²) in [5.41, 5.74) is 0.282. The van der Waals surface area contributed by atoms with Crippen LogP contribution in [0.3, 0.4) is 0 Å². The Kier molecular flexibility index (Phi) is 4.67. The summed E-state index contributed by atoms with van der Waals surface area (Å²) in [6.45, 7) is 4.97. The van der Waals surface area contributed by atoms with Crippen molar-refractivity contribution in [3.8, 4) is 0 Å². The molecule has 1 fully saturated rings. The molecule has 0 aromatic carbocycles. The van der Waals surface area contributed by atoms with Gasteiger partial charge in [0.05, 0.1) is 24.6 Å². The summed E-state index contributed by atoms with van der Waals surface area (Å²) < 4.78 is 10.5. The van der Waals surface area contributed by atoms with Gasteiger partial charge < -0.3 is 9.47 Å². The maximum atomic E-state index is 12.2. The maximum Gasteiger partial charge on any atom is 0.332 e. The first-order chi connectivity index (χ1) is 9.58. The van der Waals surface area contributed by atoms with Crippen molar-refractivity contribution in [3.63, 3.8) is 0 Å². The van der Waals surface area contributed by atoms with Gasteiger partial charge in [0.1, 0.15) is 0 Å². The average Bonchev–Trinajstić information content (AvgIpc) is 2.97. The zero-order valence-electron chi connectivity index (χ0n) is 12.2. The van der Waals surface area contributed by atoms with Crippen LogP contribution in [-0.2, 0) is 19.8 Å². The van der Waals surface area contributed by atoms with Crippen LogP contribution in [0.5, 0.6) is 0 Å². The molecule has 0 bridgehead atoms. The van der Waals surface area contributed by atoms with Crippen molar-refractivity contribution in [3.05, 3.63) is 23.8 Å². The second-order valence-electron chi connectivity index (χ2n) is 5.12. The van der Waals surface area contributed by atoms with E-state index in [9.17, 15) is 4.79 Å². The number of esters is 1. The molecule has 0 spiro atoms. The minimum absolute atomic E-state index is 0.135. The van der Waals surface area contributed by atoms with Crippen molar-refractivity contribution >= 4 is 5.97 Å². The fourth-order valence-corrected chi connectivity index (χ4v) is 2.48. The lowest BCUT2D eigenvalue weighted by Crippen LogP contribution is -2.51. The van der Waals surface area contributed by atoms with Crippen molar-refractivity contribution in [2.45, 2.75) is 38.3 Å². The highest BCUT2D eigenvalue weighted by molar-refractivity contribution is 5.81. The summed E-state index contributed by atoms with van der Waals surface area (Å²) in [5, 5.41) is 3.24. The number of carbonyl (C=O) groups excluding carboxylic acids is 1. The number of ether oxygens (including phenoxy) is 2. The first-order valence-electron chi connectivity index (χ1n) is 6.81. The lowest BCUT2D eigenvalue weighted by atomic mass is 9.95. The molecule has 2 atom stereocenters. The van der Waals surface area contributed by atoms with Crippen LogP contribution in [0, 0.1) is 6.92 Å². The number of nitrogens with zero attached hydrogens (tertiary/aromatic N) is 2.